The maximum atomic E-state index is 7.91. The normalized spacial score (nSPS) is 5.43. The molecule has 0 amide bonds. The van der Waals surface area contributed by atoms with Crippen molar-refractivity contribution in [2.24, 2.45) is 0 Å². The molecule has 0 saturated carbocycles. The number of hydrogen-bond acceptors (Lipinski definition) is 2. The molecule has 0 fully saturated rings. The van der Waals surface area contributed by atoms with Gasteiger partial charge in [0.05, 0.1) is 0 Å². The smallest absolute Gasteiger partial charge is 0.104 e. The van der Waals surface area contributed by atoms with Gasteiger partial charge in [-0.3, -0.25) is 0 Å². The van der Waals surface area contributed by atoms with Gasteiger partial charge in [-0.25, -0.2) is 0 Å². The zero-order chi connectivity index (χ0) is 4.83. The summed E-state index contributed by atoms with van der Waals surface area (Å²) in [5.74, 6) is 4.51. The van der Waals surface area contributed by atoms with Gasteiger partial charge in [0.2, 0.25) is 0 Å². The summed E-state index contributed by atoms with van der Waals surface area (Å²) < 4.78 is 0. The minimum Gasteiger partial charge on any atom is -0.384 e. The minimum atomic E-state index is -0.166. The van der Waals surface area contributed by atoms with Crippen molar-refractivity contribution in [2.75, 3.05) is 13.2 Å². The fourth-order valence-corrected chi connectivity index (χ4v) is 0.112. The second kappa shape index (κ2) is 9.84. The Morgan fingerprint density at radius 2 is 1.29 bits per heavy atom. The van der Waals surface area contributed by atoms with Crippen LogP contribution in [0.25, 0.3) is 0 Å². The van der Waals surface area contributed by atoms with Crippen molar-refractivity contribution in [1.29, 1.82) is 0 Å². The molecule has 0 aliphatic rings. The van der Waals surface area contributed by atoms with Gasteiger partial charge in [0.15, 0.2) is 0 Å². The Kier molecular flexibility index (Phi) is 14.9. The van der Waals surface area contributed by atoms with Crippen LogP contribution in [0.2, 0.25) is 0 Å². The molecule has 0 saturated heterocycles. The summed E-state index contributed by atoms with van der Waals surface area (Å²) in [6, 6.07) is 0. The summed E-state index contributed by atoms with van der Waals surface area (Å²) in [6.07, 6.45) is 0. The molecule has 0 spiro atoms. The van der Waals surface area contributed by atoms with Gasteiger partial charge < -0.3 is 10.2 Å². The molecule has 0 heterocycles. The fraction of sp³-hybridized carbons (Fsp3) is 0.500. The van der Waals surface area contributed by atoms with E-state index >= 15 is 0 Å². The van der Waals surface area contributed by atoms with Crippen LogP contribution in [0.3, 0.4) is 0 Å². The van der Waals surface area contributed by atoms with E-state index in [2.05, 4.69) is 11.8 Å². The Labute approximate surface area is 70.5 Å². The van der Waals surface area contributed by atoms with Crippen molar-refractivity contribution in [3.63, 3.8) is 0 Å². The molecule has 3 heteroatoms. The van der Waals surface area contributed by atoms with Gasteiger partial charge in [-0.05, 0) is 0 Å². The van der Waals surface area contributed by atoms with Crippen molar-refractivity contribution >= 4 is 0 Å². The first-order valence-electron chi connectivity index (χ1n) is 1.59. The molecule has 2 nitrogen and oxygen atoms in total. The van der Waals surface area contributed by atoms with E-state index in [0.717, 1.165) is 0 Å². The average molecular weight is 225 g/mol. The molecule has 0 bridgehead atoms. The molecular weight excluding hydrogens is 219 g/mol. The molecule has 0 aliphatic heterocycles. The average Bonchev–Trinajstić information content (AvgIpc) is 1.61. The van der Waals surface area contributed by atoms with Crippen molar-refractivity contribution in [3.05, 3.63) is 0 Å². The molecular formula is C4H6LaO2. The number of aliphatic hydroxyl groups excluding tert-OH is 2. The fourth-order valence-electron chi connectivity index (χ4n) is 0.112. The van der Waals surface area contributed by atoms with Gasteiger partial charge in [-0.1, -0.05) is 11.8 Å². The van der Waals surface area contributed by atoms with E-state index in [-0.39, 0.29) is 48.8 Å². The van der Waals surface area contributed by atoms with Crippen LogP contribution in [0.15, 0.2) is 0 Å². The number of aliphatic hydroxyl groups is 2. The minimum absolute atomic E-state index is 0. The van der Waals surface area contributed by atoms with Crippen LogP contribution in [0.1, 0.15) is 0 Å². The van der Waals surface area contributed by atoms with Crippen LogP contribution in [0.5, 0.6) is 0 Å². The molecule has 0 rings (SSSR count). The number of rotatable bonds is 0. The van der Waals surface area contributed by atoms with E-state index < -0.39 is 0 Å². The first-order chi connectivity index (χ1) is 2.91. The second-order valence-corrected chi connectivity index (χ2v) is 0.670. The van der Waals surface area contributed by atoms with Gasteiger partial charge >= 0.3 is 0 Å². The summed E-state index contributed by atoms with van der Waals surface area (Å²) >= 11 is 0. The van der Waals surface area contributed by atoms with Gasteiger partial charge in [0, 0.05) is 35.6 Å². The third-order valence-electron chi connectivity index (χ3n) is 0.283. The van der Waals surface area contributed by atoms with Crippen LogP contribution in [-0.4, -0.2) is 23.4 Å². The maximum Gasteiger partial charge on any atom is 0.104 e. The van der Waals surface area contributed by atoms with Gasteiger partial charge in [-0.2, -0.15) is 0 Å². The second-order valence-electron chi connectivity index (χ2n) is 0.670. The SMILES string of the molecule is OCC#CCO.[La]. The Balaban J connectivity index is 0. The quantitative estimate of drug-likeness (QED) is 0.518. The van der Waals surface area contributed by atoms with E-state index in [0.29, 0.717) is 0 Å². The molecule has 2 N–H and O–H groups in total. The zero-order valence-electron chi connectivity index (χ0n) is 3.89. The van der Waals surface area contributed by atoms with Gasteiger partial charge in [-0.15, -0.1) is 0 Å². The van der Waals surface area contributed by atoms with Crippen molar-refractivity contribution < 1.29 is 45.8 Å². The van der Waals surface area contributed by atoms with Gasteiger partial charge in [0.1, 0.15) is 13.2 Å². The molecule has 1 radical (unpaired) electrons. The van der Waals surface area contributed by atoms with Crippen molar-refractivity contribution in [2.45, 2.75) is 0 Å². The van der Waals surface area contributed by atoms with E-state index in [9.17, 15) is 0 Å². The summed E-state index contributed by atoms with van der Waals surface area (Å²) in [5, 5.41) is 15.8. The summed E-state index contributed by atoms with van der Waals surface area (Å²) in [5.41, 5.74) is 0. The summed E-state index contributed by atoms with van der Waals surface area (Å²) in [6.45, 7) is -0.332. The van der Waals surface area contributed by atoms with E-state index in [1.807, 2.05) is 0 Å². The van der Waals surface area contributed by atoms with Crippen LogP contribution >= 0.6 is 0 Å². The molecule has 0 unspecified atom stereocenters. The standard InChI is InChI=1S/C4H6O2.La/c5-3-1-2-4-6;/h5-6H,3-4H2;. The van der Waals surface area contributed by atoms with Gasteiger partial charge in [0.25, 0.3) is 0 Å². The molecule has 0 atom stereocenters. The predicted molar refractivity (Wildman–Crippen MR) is 21.9 cm³/mol. The molecule has 37 valence electrons. The number of hydrogen-bond donors (Lipinski definition) is 2. The van der Waals surface area contributed by atoms with Crippen LogP contribution < -0.4 is 0 Å². The largest absolute Gasteiger partial charge is 0.384 e. The molecule has 0 aliphatic carbocycles. The third-order valence-corrected chi connectivity index (χ3v) is 0.283. The van der Waals surface area contributed by atoms with E-state index in [1.54, 1.807) is 0 Å². The first kappa shape index (κ1) is 10.6. The Hall–Kier alpha value is 0.675. The Morgan fingerprint density at radius 3 is 1.43 bits per heavy atom. The Morgan fingerprint density at radius 1 is 1.00 bits per heavy atom. The van der Waals surface area contributed by atoms with E-state index in [4.69, 9.17) is 10.2 Å². The Bertz CT molecular complexity index is 63.5. The predicted octanol–water partition coefficient (Wildman–Crippen LogP) is -1.03. The molecule has 7 heavy (non-hydrogen) atoms. The molecule has 0 aromatic rings. The van der Waals surface area contributed by atoms with Crippen LogP contribution in [-0.2, 0) is 0 Å². The van der Waals surface area contributed by atoms with Crippen LogP contribution in [0.4, 0.5) is 0 Å². The third kappa shape index (κ3) is 10.8. The summed E-state index contributed by atoms with van der Waals surface area (Å²) in [7, 11) is 0. The monoisotopic (exact) mass is 225 g/mol. The van der Waals surface area contributed by atoms with Crippen LogP contribution in [0, 0.1) is 47.4 Å². The first-order valence-corrected chi connectivity index (χ1v) is 1.59. The van der Waals surface area contributed by atoms with Crippen molar-refractivity contribution in [1.82, 2.24) is 0 Å². The summed E-state index contributed by atoms with van der Waals surface area (Å²) in [4.78, 5) is 0. The topological polar surface area (TPSA) is 40.5 Å². The molecule has 0 aromatic carbocycles. The zero-order valence-corrected chi connectivity index (χ0v) is 7.51. The molecule has 0 aromatic heterocycles. The van der Waals surface area contributed by atoms with Crippen molar-refractivity contribution in [3.8, 4) is 11.8 Å². The van der Waals surface area contributed by atoms with E-state index in [1.165, 1.54) is 0 Å². The maximum absolute atomic E-state index is 7.91.